The van der Waals surface area contributed by atoms with Crippen molar-refractivity contribution in [1.29, 1.82) is 0 Å². The van der Waals surface area contributed by atoms with Crippen LogP contribution in [0.3, 0.4) is 0 Å². The highest BCUT2D eigenvalue weighted by Gasteiger charge is 2.46. The molecule has 0 aliphatic carbocycles. The number of benzene rings is 3. The molecule has 452 valence electrons. The molecule has 3 aromatic rings. The smallest absolute Gasteiger partial charge is 0.243 e. The van der Waals surface area contributed by atoms with E-state index in [9.17, 15) is 9.59 Å². The summed E-state index contributed by atoms with van der Waals surface area (Å²) in [6.45, 7) is 35.6. The third kappa shape index (κ3) is 21.5. The van der Waals surface area contributed by atoms with Gasteiger partial charge in [-0.25, -0.2) is 0 Å². The Hall–Kier alpha value is -3.69. The summed E-state index contributed by atoms with van der Waals surface area (Å²) >= 11 is 0. The minimum Gasteiger partial charge on any atom is -0.493 e. The van der Waals surface area contributed by atoms with Gasteiger partial charge in [0.25, 0.3) is 0 Å². The predicted molar refractivity (Wildman–Crippen MR) is 341 cm³/mol. The molecule has 1 aliphatic heterocycles. The summed E-state index contributed by atoms with van der Waals surface area (Å²) in [5, 5.41) is 6.33. The summed E-state index contributed by atoms with van der Waals surface area (Å²) in [5.41, 5.74) is 12.9. The molecule has 4 N–H and O–H groups in total. The zero-order valence-electron chi connectivity index (χ0n) is 53.0. The van der Waals surface area contributed by atoms with Crippen LogP contribution in [0.1, 0.15) is 242 Å². The van der Waals surface area contributed by atoms with Crippen LogP contribution in [0.2, 0.25) is 33.2 Å². The van der Waals surface area contributed by atoms with E-state index in [1.54, 1.807) is 0 Å². The lowest BCUT2D eigenvalue weighted by molar-refractivity contribution is -0.130. The number of rotatable bonds is 42. The van der Waals surface area contributed by atoms with Gasteiger partial charge in [-0.3, -0.25) is 9.59 Å². The molecular weight excluding hydrogens is 1030 g/mol. The highest BCUT2D eigenvalue weighted by atomic mass is 28.4. The quantitative estimate of drug-likeness (QED) is 0.0378. The summed E-state index contributed by atoms with van der Waals surface area (Å²) in [4.78, 5) is 27.9. The van der Waals surface area contributed by atoms with Crippen molar-refractivity contribution < 1.29 is 32.7 Å². The minimum atomic E-state index is -1.77. The summed E-state index contributed by atoms with van der Waals surface area (Å²) in [5.74, 6) is 2.23. The molecule has 1 aliphatic rings. The lowest BCUT2D eigenvalue weighted by atomic mass is 9.93. The summed E-state index contributed by atoms with van der Waals surface area (Å²) in [6, 6.07) is 19.4. The fourth-order valence-corrected chi connectivity index (χ4v) is 24.2. The molecule has 0 unspecified atom stereocenters. The Bertz CT molecular complexity index is 2050. The fraction of sp³-hybridized carbons (Fsp3) is 0.706. The maximum Gasteiger partial charge on any atom is 0.243 e. The molecule has 3 aromatic carbocycles. The van der Waals surface area contributed by atoms with Gasteiger partial charge in [0, 0.05) is 36.5 Å². The van der Waals surface area contributed by atoms with Gasteiger partial charge in [-0.1, -0.05) is 217 Å². The summed E-state index contributed by atoms with van der Waals surface area (Å²) < 4.78 is 32.9. The Labute approximate surface area is 490 Å². The molecule has 0 saturated heterocycles. The van der Waals surface area contributed by atoms with E-state index >= 15 is 0 Å². The average molecular weight is 1140 g/mol. The SMILES string of the molecule is CC(C)C[C@H](NC(=O)[C@@H](N)Cc1ccccc1)C(=O)NC1c2ccc(OCCCCCCCCCCCO[Si](C(C)C)(C(C)C)C(C)C)cc2Oc2cc(OCCCCCCCCCCCO[Si](C(C)C)(C(C)C)C(C)C)ccc21. The molecule has 0 fully saturated rings. The lowest BCUT2D eigenvalue weighted by Gasteiger charge is -2.42. The van der Waals surface area contributed by atoms with Crippen molar-refractivity contribution in [2.45, 2.75) is 277 Å². The molecule has 80 heavy (non-hydrogen) atoms. The number of carbonyl (C=O) groups excluding carboxylic acids is 2. The van der Waals surface area contributed by atoms with Gasteiger partial charge in [0.05, 0.1) is 25.3 Å². The number of amides is 2. The zero-order chi connectivity index (χ0) is 58.7. The number of ether oxygens (including phenoxy) is 3. The Kier molecular flexibility index (Phi) is 31.1. The Morgan fingerprint density at radius 1 is 0.487 bits per heavy atom. The molecule has 0 saturated carbocycles. The topological polar surface area (TPSA) is 130 Å². The van der Waals surface area contributed by atoms with Crippen molar-refractivity contribution in [2.75, 3.05) is 26.4 Å². The van der Waals surface area contributed by atoms with Crippen molar-refractivity contribution in [3.8, 4) is 23.0 Å². The molecule has 1 heterocycles. The monoisotopic (exact) mass is 1140 g/mol. The number of fused-ring (bicyclic) bond motifs is 2. The van der Waals surface area contributed by atoms with Gasteiger partial charge in [-0.2, -0.15) is 0 Å². The van der Waals surface area contributed by atoms with E-state index in [-0.39, 0.29) is 17.7 Å². The van der Waals surface area contributed by atoms with Crippen LogP contribution in [-0.2, 0) is 24.9 Å². The van der Waals surface area contributed by atoms with Gasteiger partial charge in [0.1, 0.15) is 29.0 Å². The van der Waals surface area contributed by atoms with Crippen LogP contribution in [0.25, 0.3) is 0 Å². The molecule has 0 bridgehead atoms. The van der Waals surface area contributed by atoms with Gasteiger partial charge in [-0.05, 0) is 108 Å². The molecule has 2 atom stereocenters. The van der Waals surface area contributed by atoms with Crippen LogP contribution in [0.4, 0.5) is 0 Å². The van der Waals surface area contributed by atoms with E-state index in [0.29, 0.717) is 70.8 Å². The van der Waals surface area contributed by atoms with Gasteiger partial charge in [0.2, 0.25) is 11.8 Å². The Morgan fingerprint density at radius 2 is 0.850 bits per heavy atom. The van der Waals surface area contributed by atoms with Crippen molar-refractivity contribution in [2.24, 2.45) is 11.7 Å². The number of nitrogens with two attached hydrogens (primary N) is 1. The van der Waals surface area contributed by atoms with E-state index in [1.165, 1.54) is 89.9 Å². The van der Waals surface area contributed by atoms with Crippen molar-refractivity contribution in [1.82, 2.24) is 10.6 Å². The first kappa shape index (κ1) is 68.8. The Balaban J connectivity index is 1.29. The Morgan fingerprint density at radius 3 is 1.21 bits per heavy atom. The molecule has 12 heteroatoms. The molecule has 0 spiro atoms. The first-order valence-corrected chi connectivity index (χ1v) is 36.4. The van der Waals surface area contributed by atoms with Gasteiger partial charge in [0.15, 0.2) is 16.6 Å². The fourth-order valence-electron chi connectivity index (χ4n) is 13.3. The molecule has 0 aromatic heterocycles. The normalized spacial score (nSPS) is 13.8. The maximum absolute atomic E-state index is 14.4. The third-order valence-corrected chi connectivity index (χ3v) is 29.5. The number of carbonyl (C=O) groups is 2. The van der Waals surface area contributed by atoms with Crippen LogP contribution in [0, 0.1) is 5.92 Å². The number of unbranched alkanes of at least 4 members (excludes halogenated alkanes) is 16. The van der Waals surface area contributed by atoms with Gasteiger partial charge in [-0.15, -0.1) is 0 Å². The van der Waals surface area contributed by atoms with Crippen LogP contribution in [-0.4, -0.2) is 67.0 Å². The van der Waals surface area contributed by atoms with Crippen LogP contribution < -0.4 is 30.6 Å². The highest BCUT2D eigenvalue weighted by Crippen LogP contribution is 2.47. The molecule has 0 radical (unpaired) electrons. The molecule has 2 amide bonds. The first-order chi connectivity index (χ1) is 38.2. The zero-order valence-corrected chi connectivity index (χ0v) is 55.0. The third-order valence-electron chi connectivity index (χ3n) is 17.3. The van der Waals surface area contributed by atoms with Crippen molar-refractivity contribution in [3.05, 3.63) is 83.4 Å². The van der Waals surface area contributed by atoms with E-state index in [0.717, 1.165) is 67.1 Å². The summed E-state index contributed by atoms with van der Waals surface area (Å²) in [6.07, 6.45) is 22.5. The molecule has 4 rings (SSSR count). The highest BCUT2D eigenvalue weighted by molar-refractivity contribution is 6.78. The van der Waals surface area contributed by atoms with Crippen molar-refractivity contribution in [3.63, 3.8) is 0 Å². The number of hydrogen-bond acceptors (Lipinski definition) is 8. The van der Waals surface area contributed by atoms with Gasteiger partial charge >= 0.3 is 0 Å². The molecule has 10 nitrogen and oxygen atoms in total. The second-order valence-electron chi connectivity index (χ2n) is 25.8. The van der Waals surface area contributed by atoms with E-state index in [2.05, 4.69) is 108 Å². The van der Waals surface area contributed by atoms with E-state index < -0.39 is 34.8 Å². The second kappa shape index (κ2) is 36.1. The summed E-state index contributed by atoms with van der Waals surface area (Å²) in [7, 11) is -3.54. The number of hydrogen-bond donors (Lipinski definition) is 3. The predicted octanol–water partition coefficient (Wildman–Crippen LogP) is 18.3. The standard InChI is InChI=1S/C68H115N3O7Si2/c1-50(2)46-63(70-67(72)62(69)47-57-36-30-29-31-37-57)68(73)71-66-60-40-38-58(74-42-32-25-21-17-15-19-23-27-34-44-76-79(51(3)4,52(5)6)53(7)8)48-64(60)78-65-49-59(39-41-61(65)66)75-43-33-26-22-18-16-20-24-28-35-45-77-80(54(9)10,55(11)12)56(13)14/h29-31,36-41,48-56,62-63,66H,15-28,32-35,42-47,69H2,1-14H3,(H,70,72)(H,71,73)/t62-,63-/m0/s1. The molecular formula is C68H115N3O7Si2. The lowest BCUT2D eigenvalue weighted by Crippen LogP contribution is -2.53. The largest absolute Gasteiger partial charge is 0.493 e. The van der Waals surface area contributed by atoms with E-state index in [4.69, 9.17) is 28.8 Å². The first-order valence-electron chi connectivity index (χ1n) is 32.1. The van der Waals surface area contributed by atoms with Gasteiger partial charge < -0.3 is 39.4 Å². The van der Waals surface area contributed by atoms with Crippen LogP contribution in [0.15, 0.2) is 66.7 Å². The average Bonchev–Trinajstić information content (AvgIpc) is 3.41. The van der Waals surface area contributed by atoms with Crippen molar-refractivity contribution >= 4 is 28.4 Å². The minimum absolute atomic E-state index is 0.143. The van der Waals surface area contributed by atoms with E-state index in [1.807, 2.05) is 66.7 Å². The van der Waals surface area contributed by atoms with Crippen LogP contribution in [0.5, 0.6) is 23.0 Å². The number of nitrogens with one attached hydrogen (secondary N) is 2. The van der Waals surface area contributed by atoms with Crippen LogP contribution >= 0.6 is 0 Å². The second-order valence-corrected chi connectivity index (χ2v) is 36.7. The maximum atomic E-state index is 14.4.